The van der Waals surface area contributed by atoms with Gasteiger partial charge >= 0.3 is 5.97 Å². The lowest BCUT2D eigenvalue weighted by molar-refractivity contribution is -0.140. The molecule has 0 amide bonds. The van der Waals surface area contributed by atoms with Gasteiger partial charge in [0.1, 0.15) is 0 Å². The van der Waals surface area contributed by atoms with Crippen molar-refractivity contribution in [2.75, 3.05) is 7.11 Å². The second-order valence-electron chi connectivity index (χ2n) is 11.2. The van der Waals surface area contributed by atoms with Crippen LogP contribution in [0.5, 0.6) is 0 Å². The van der Waals surface area contributed by atoms with Gasteiger partial charge in [-0.3, -0.25) is 4.79 Å². The summed E-state index contributed by atoms with van der Waals surface area (Å²) in [6.45, 7) is 7.44. The van der Waals surface area contributed by atoms with Gasteiger partial charge in [-0.25, -0.2) is 0 Å². The van der Waals surface area contributed by atoms with Gasteiger partial charge in [-0.1, -0.05) is 37.1 Å². The predicted molar refractivity (Wildman–Crippen MR) is 121 cm³/mol. The summed E-state index contributed by atoms with van der Waals surface area (Å²) in [6.07, 6.45) is 16.9. The van der Waals surface area contributed by atoms with Crippen molar-refractivity contribution in [3.8, 4) is 0 Å². The molecule has 0 aromatic heterocycles. The topological polar surface area (TPSA) is 46.5 Å². The molecule has 0 radical (unpaired) electrons. The van der Waals surface area contributed by atoms with Crippen LogP contribution in [0, 0.1) is 34.5 Å². The van der Waals surface area contributed by atoms with Crippen LogP contribution >= 0.6 is 0 Å². The molecule has 4 aliphatic carbocycles. The van der Waals surface area contributed by atoms with Gasteiger partial charge in [0.25, 0.3) is 0 Å². The number of carbonyl (C=O) groups excluding carboxylic acids is 1. The molecule has 0 unspecified atom stereocenters. The van der Waals surface area contributed by atoms with Gasteiger partial charge in [0, 0.05) is 6.42 Å². The molecule has 30 heavy (non-hydrogen) atoms. The number of methoxy groups -OCH3 is 1. The highest BCUT2D eigenvalue weighted by molar-refractivity contribution is 5.69. The van der Waals surface area contributed by atoms with Crippen LogP contribution < -0.4 is 0 Å². The molecule has 3 heteroatoms. The molecule has 3 saturated carbocycles. The molecule has 0 spiro atoms. The van der Waals surface area contributed by atoms with E-state index in [9.17, 15) is 9.90 Å². The Balaban J connectivity index is 1.47. The fourth-order valence-corrected chi connectivity index (χ4v) is 8.21. The van der Waals surface area contributed by atoms with E-state index in [-0.39, 0.29) is 12.1 Å². The largest absolute Gasteiger partial charge is 0.469 e. The monoisotopic (exact) mass is 414 g/mol. The Bertz CT molecular complexity index is 722. The van der Waals surface area contributed by atoms with Crippen molar-refractivity contribution in [2.24, 2.45) is 34.5 Å². The predicted octanol–water partition coefficient (Wildman–Crippen LogP) is 6.22. The quantitative estimate of drug-likeness (QED) is 0.330. The van der Waals surface area contributed by atoms with Crippen LogP contribution in [0.25, 0.3) is 0 Å². The lowest BCUT2D eigenvalue weighted by atomic mass is 9.47. The fourth-order valence-electron chi connectivity index (χ4n) is 8.21. The first kappa shape index (κ1) is 22.1. The van der Waals surface area contributed by atoms with E-state index in [1.54, 1.807) is 11.1 Å². The summed E-state index contributed by atoms with van der Waals surface area (Å²) in [6, 6.07) is 0. The van der Waals surface area contributed by atoms with Crippen molar-refractivity contribution < 1.29 is 14.6 Å². The molecule has 0 heterocycles. The number of carbonyl (C=O) groups is 1. The van der Waals surface area contributed by atoms with Gasteiger partial charge in [0.2, 0.25) is 0 Å². The fraction of sp³-hybridized carbons (Fsp3) is 0.815. The number of rotatable bonds is 5. The van der Waals surface area contributed by atoms with E-state index in [1.165, 1.54) is 45.6 Å². The second kappa shape index (κ2) is 8.45. The summed E-state index contributed by atoms with van der Waals surface area (Å²) in [4.78, 5) is 11.4. The van der Waals surface area contributed by atoms with Crippen LogP contribution in [0.3, 0.4) is 0 Å². The van der Waals surface area contributed by atoms with Crippen molar-refractivity contribution in [1.82, 2.24) is 0 Å². The zero-order chi connectivity index (χ0) is 21.5. The minimum absolute atomic E-state index is 0.0966. The lowest BCUT2D eigenvalue weighted by Crippen LogP contribution is -2.50. The van der Waals surface area contributed by atoms with Crippen molar-refractivity contribution in [3.63, 3.8) is 0 Å². The van der Waals surface area contributed by atoms with E-state index in [1.807, 2.05) is 0 Å². The zero-order valence-electron chi connectivity index (χ0n) is 19.6. The summed E-state index contributed by atoms with van der Waals surface area (Å²) in [5.74, 6) is 3.07. The standard InChI is InChI=1S/C27H42O3/c1-18(7-5-6-8-25(29)30-4)22-11-12-23-21-10-9-19-17-20(28)13-15-26(19,2)24(21)14-16-27(22,23)3/h7,9,20-24,28H,5-6,8,10-17H2,1-4H3/b18-7+/t20-,21-,22+,23-,24-,26-,27+/m0/s1. The van der Waals surface area contributed by atoms with Crippen molar-refractivity contribution in [2.45, 2.75) is 97.5 Å². The number of hydrogen-bond acceptors (Lipinski definition) is 3. The van der Waals surface area contributed by atoms with Gasteiger partial charge in [-0.05, 0) is 106 Å². The maximum Gasteiger partial charge on any atom is 0.305 e. The molecule has 3 nitrogen and oxygen atoms in total. The van der Waals surface area contributed by atoms with Crippen LogP contribution in [0.2, 0.25) is 0 Å². The maximum absolute atomic E-state index is 11.4. The third-order valence-electron chi connectivity index (χ3n) is 9.91. The normalized spacial score (nSPS) is 43.3. The van der Waals surface area contributed by atoms with Gasteiger partial charge in [-0.2, -0.15) is 0 Å². The molecular weight excluding hydrogens is 372 g/mol. The second-order valence-corrected chi connectivity index (χ2v) is 11.2. The van der Waals surface area contributed by atoms with E-state index in [0.717, 1.165) is 43.4 Å². The first-order valence-electron chi connectivity index (χ1n) is 12.4. The SMILES string of the molecule is COC(=O)CCC/C=C(\C)[C@H]1CC[C@H]2[C@@H]3CC=C4C[C@@H](O)CC[C@]4(C)[C@H]3CC[C@]12C. The number of hydrogen-bond donors (Lipinski definition) is 1. The van der Waals surface area contributed by atoms with Gasteiger partial charge < -0.3 is 9.84 Å². The number of fused-ring (bicyclic) bond motifs is 5. The summed E-state index contributed by atoms with van der Waals surface area (Å²) >= 11 is 0. The maximum atomic E-state index is 11.4. The third kappa shape index (κ3) is 3.70. The smallest absolute Gasteiger partial charge is 0.305 e. The number of aliphatic hydroxyl groups is 1. The number of allylic oxidation sites excluding steroid dienone is 3. The van der Waals surface area contributed by atoms with Crippen molar-refractivity contribution >= 4 is 5.97 Å². The minimum Gasteiger partial charge on any atom is -0.469 e. The van der Waals surface area contributed by atoms with Crippen LogP contribution in [-0.4, -0.2) is 24.3 Å². The molecule has 4 aliphatic rings. The van der Waals surface area contributed by atoms with Crippen LogP contribution in [0.4, 0.5) is 0 Å². The molecule has 0 aromatic carbocycles. The average molecular weight is 415 g/mol. The molecule has 0 aromatic rings. The summed E-state index contributed by atoms with van der Waals surface area (Å²) < 4.78 is 4.77. The Morgan fingerprint density at radius 3 is 2.77 bits per heavy atom. The van der Waals surface area contributed by atoms with E-state index in [4.69, 9.17) is 4.74 Å². The molecule has 0 bridgehead atoms. The molecule has 3 fully saturated rings. The van der Waals surface area contributed by atoms with Crippen molar-refractivity contribution in [3.05, 3.63) is 23.3 Å². The summed E-state index contributed by atoms with van der Waals surface area (Å²) in [5, 5.41) is 10.2. The highest BCUT2D eigenvalue weighted by Crippen LogP contribution is 2.67. The number of unbranched alkanes of at least 4 members (excludes halogenated alkanes) is 1. The summed E-state index contributed by atoms with van der Waals surface area (Å²) in [7, 11) is 1.47. The van der Waals surface area contributed by atoms with Gasteiger partial charge in [0.15, 0.2) is 0 Å². The Morgan fingerprint density at radius 1 is 1.20 bits per heavy atom. The first-order chi connectivity index (χ1) is 14.3. The van der Waals surface area contributed by atoms with E-state index < -0.39 is 0 Å². The van der Waals surface area contributed by atoms with Gasteiger partial charge in [-0.15, -0.1) is 0 Å². The molecule has 7 atom stereocenters. The van der Waals surface area contributed by atoms with E-state index in [0.29, 0.717) is 23.2 Å². The molecule has 1 N–H and O–H groups in total. The lowest BCUT2D eigenvalue weighted by Gasteiger charge is -2.58. The highest BCUT2D eigenvalue weighted by atomic mass is 16.5. The zero-order valence-corrected chi connectivity index (χ0v) is 19.6. The number of esters is 1. The molecule has 0 saturated heterocycles. The first-order valence-corrected chi connectivity index (χ1v) is 12.4. The Morgan fingerprint density at radius 2 is 2.00 bits per heavy atom. The van der Waals surface area contributed by atoms with Crippen LogP contribution in [0.1, 0.15) is 91.4 Å². The van der Waals surface area contributed by atoms with E-state index in [2.05, 4.69) is 32.9 Å². The highest BCUT2D eigenvalue weighted by Gasteiger charge is 2.58. The molecule has 4 rings (SSSR count). The Labute approximate surface area is 183 Å². The van der Waals surface area contributed by atoms with Crippen LogP contribution in [-0.2, 0) is 9.53 Å². The Hall–Kier alpha value is -1.09. The van der Waals surface area contributed by atoms with E-state index >= 15 is 0 Å². The van der Waals surface area contributed by atoms with Crippen LogP contribution in [0.15, 0.2) is 23.3 Å². The molecular formula is C27H42O3. The molecule has 168 valence electrons. The van der Waals surface area contributed by atoms with Crippen molar-refractivity contribution in [1.29, 1.82) is 0 Å². The van der Waals surface area contributed by atoms with Gasteiger partial charge in [0.05, 0.1) is 13.2 Å². The number of aliphatic hydroxyl groups excluding tert-OH is 1. The average Bonchev–Trinajstić information content (AvgIpc) is 3.08. The molecule has 0 aliphatic heterocycles. The summed E-state index contributed by atoms with van der Waals surface area (Å²) in [5.41, 5.74) is 3.89. The third-order valence-corrected chi connectivity index (χ3v) is 9.91. The Kier molecular flexibility index (Phi) is 6.23. The number of ether oxygens (including phenoxy) is 1. The minimum atomic E-state index is -0.113.